The first-order valence-corrected chi connectivity index (χ1v) is 9.98. The van der Waals surface area contributed by atoms with E-state index in [2.05, 4.69) is 38.6 Å². The Morgan fingerprint density at radius 3 is 2.43 bits per heavy atom. The Kier molecular flexibility index (Phi) is 10.9. The zero-order valence-electron chi connectivity index (χ0n) is 14.9. The van der Waals surface area contributed by atoms with Crippen molar-refractivity contribution in [1.29, 1.82) is 0 Å². The number of halogens is 1. The number of thioether (sulfide) groups is 1. The van der Waals surface area contributed by atoms with Crippen LogP contribution in [0.2, 0.25) is 0 Å². The van der Waals surface area contributed by atoms with E-state index in [0.717, 1.165) is 24.3 Å². The van der Waals surface area contributed by atoms with Gasteiger partial charge in [-0.2, -0.15) is 11.8 Å². The standard InChI is InChI=1S/C16H33N5S.HI/c1-4-20-9-11-21(12-10-20)8-7-18-16(17-2)19-14-5-6-15(13-14)22-3;/h14-15H,4-13H2,1-3H3,(H2,17,18,19);1H. The van der Waals surface area contributed by atoms with Gasteiger partial charge in [-0.3, -0.25) is 9.89 Å². The Hall–Kier alpha value is 0.270. The van der Waals surface area contributed by atoms with Crippen LogP contribution in [0.25, 0.3) is 0 Å². The molecule has 0 aromatic heterocycles. The molecule has 0 radical (unpaired) electrons. The summed E-state index contributed by atoms with van der Waals surface area (Å²) >= 11 is 2.00. The van der Waals surface area contributed by atoms with Gasteiger partial charge in [0.25, 0.3) is 0 Å². The number of likely N-dealkylation sites (N-methyl/N-ethyl adjacent to an activating group) is 1. The lowest BCUT2D eigenvalue weighted by atomic mass is 10.2. The number of nitrogens with one attached hydrogen (secondary N) is 2. The summed E-state index contributed by atoms with van der Waals surface area (Å²) in [5, 5.41) is 7.89. The third kappa shape index (κ3) is 7.36. The highest BCUT2D eigenvalue weighted by atomic mass is 127. The van der Waals surface area contributed by atoms with Crippen LogP contribution >= 0.6 is 35.7 Å². The van der Waals surface area contributed by atoms with Crippen molar-refractivity contribution in [1.82, 2.24) is 20.4 Å². The zero-order chi connectivity index (χ0) is 15.8. The number of hydrogen-bond donors (Lipinski definition) is 2. The first-order valence-electron chi connectivity index (χ1n) is 8.69. The van der Waals surface area contributed by atoms with Crippen molar-refractivity contribution < 1.29 is 0 Å². The summed E-state index contributed by atoms with van der Waals surface area (Å²) in [6.45, 7) is 10.3. The number of guanidine groups is 1. The van der Waals surface area contributed by atoms with E-state index in [0.29, 0.717) is 6.04 Å². The highest BCUT2D eigenvalue weighted by molar-refractivity contribution is 14.0. The van der Waals surface area contributed by atoms with Crippen LogP contribution in [-0.4, -0.2) is 86.2 Å². The van der Waals surface area contributed by atoms with E-state index in [4.69, 9.17) is 0 Å². The van der Waals surface area contributed by atoms with Gasteiger partial charge in [0.1, 0.15) is 0 Å². The fourth-order valence-electron chi connectivity index (χ4n) is 3.33. The fraction of sp³-hybridized carbons (Fsp3) is 0.938. The molecule has 1 heterocycles. The van der Waals surface area contributed by atoms with Crippen LogP contribution < -0.4 is 10.6 Å². The monoisotopic (exact) mass is 455 g/mol. The lowest BCUT2D eigenvalue weighted by molar-refractivity contribution is 0.139. The molecular weight excluding hydrogens is 421 g/mol. The average Bonchev–Trinajstić information content (AvgIpc) is 3.02. The van der Waals surface area contributed by atoms with Crippen LogP contribution in [0.3, 0.4) is 0 Å². The third-order valence-corrected chi connectivity index (χ3v) is 6.01. The maximum absolute atomic E-state index is 4.37. The second-order valence-corrected chi connectivity index (χ2v) is 7.42. The number of hydrogen-bond acceptors (Lipinski definition) is 4. The van der Waals surface area contributed by atoms with Crippen LogP contribution in [0.1, 0.15) is 26.2 Å². The fourth-order valence-corrected chi connectivity index (χ4v) is 4.13. The second-order valence-electron chi connectivity index (χ2n) is 6.29. The van der Waals surface area contributed by atoms with E-state index in [-0.39, 0.29) is 24.0 Å². The van der Waals surface area contributed by atoms with Crippen molar-refractivity contribution in [2.75, 3.05) is 59.1 Å². The van der Waals surface area contributed by atoms with Crippen molar-refractivity contribution in [3.05, 3.63) is 0 Å². The van der Waals surface area contributed by atoms with E-state index in [1.54, 1.807) is 0 Å². The van der Waals surface area contributed by atoms with E-state index < -0.39 is 0 Å². The summed E-state index contributed by atoms with van der Waals surface area (Å²) in [6.07, 6.45) is 6.09. The first kappa shape index (κ1) is 21.3. The molecule has 0 aromatic rings. The summed E-state index contributed by atoms with van der Waals surface area (Å²) in [5.41, 5.74) is 0. The molecule has 2 aliphatic rings. The van der Waals surface area contributed by atoms with E-state index >= 15 is 0 Å². The summed E-state index contributed by atoms with van der Waals surface area (Å²) in [4.78, 5) is 9.44. The molecule has 1 aliphatic carbocycles. The van der Waals surface area contributed by atoms with Crippen LogP contribution in [0.15, 0.2) is 4.99 Å². The smallest absolute Gasteiger partial charge is 0.191 e. The van der Waals surface area contributed by atoms with E-state index in [1.807, 2.05) is 18.8 Å². The SMILES string of the molecule is CCN1CCN(CCNC(=NC)NC2CCC(SC)C2)CC1.I. The van der Waals surface area contributed by atoms with Crippen molar-refractivity contribution >= 4 is 41.7 Å². The Bertz CT molecular complexity index is 347. The summed E-state index contributed by atoms with van der Waals surface area (Å²) in [6, 6.07) is 0.594. The van der Waals surface area contributed by atoms with E-state index in [1.165, 1.54) is 52.0 Å². The van der Waals surface area contributed by atoms with Crippen LogP contribution in [-0.2, 0) is 0 Å². The van der Waals surface area contributed by atoms with Gasteiger partial charge in [0.05, 0.1) is 0 Å². The minimum Gasteiger partial charge on any atom is -0.355 e. The van der Waals surface area contributed by atoms with Gasteiger partial charge in [-0.05, 0) is 32.1 Å². The highest BCUT2D eigenvalue weighted by Gasteiger charge is 2.24. The molecule has 0 amide bonds. The van der Waals surface area contributed by atoms with Crippen LogP contribution in [0.4, 0.5) is 0 Å². The molecule has 23 heavy (non-hydrogen) atoms. The minimum atomic E-state index is 0. The average molecular weight is 455 g/mol. The molecule has 0 bridgehead atoms. The molecule has 2 fully saturated rings. The van der Waals surface area contributed by atoms with Gasteiger partial charge in [0.2, 0.25) is 0 Å². The zero-order valence-corrected chi connectivity index (χ0v) is 18.0. The minimum absolute atomic E-state index is 0. The van der Waals surface area contributed by atoms with Crippen molar-refractivity contribution in [2.24, 2.45) is 4.99 Å². The summed E-state index contributed by atoms with van der Waals surface area (Å²) < 4.78 is 0. The lowest BCUT2D eigenvalue weighted by Crippen LogP contribution is -2.49. The van der Waals surface area contributed by atoms with Gasteiger partial charge in [-0.25, -0.2) is 0 Å². The Morgan fingerprint density at radius 1 is 1.17 bits per heavy atom. The summed E-state index contributed by atoms with van der Waals surface area (Å²) in [5.74, 6) is 0.971. The predicted octanol–water partition coefficient (Wildman–Crippen LogP) is 1.69. The number of piperazine rings is 1. The van der Waals surface area contributed by atoms with Crippen molar-refractivity contribution in [3.63, 3.8) is 0 Å². The lowest BCUT2D eigenvalue weighted by Gasteiger charge is -2.34. The first-order chi connectivity index (χ1) is 10.7. The molecule has 1 saturated heterocycles. The highest BCUT2D eigenvalue weighted by Crippen LogP contribution is 2.27. The predicted molar refractivity (Wildman–Crippen MR) is 113 cm³/mol. The molecular formula is C16H34IN5S. The Labute approximate surface area is 163 Å². The molecule has 136 valence electrons. The van der Waals surface area contributed by atoms with Gasteiger partial charge in [0, 0.05) is 57.6 Å². The maximum Gasteiger partial charge on any atom is 0.191 e. The van der Waals surface area contributed by atoms with Crippen molar-refractivity contribution in [3.8, 4) is 0 Å². The largest absolute Gasteiger partial charge is 0.355 e. The summed E-state index contributed by atoms with van der Waals surface area (Å²) in [7, 11) is 1.87. The molecule has 2 rings (SSSR count). The van der Waals surface area contributed by atoms with E-state index in [9.17, 15) is 0 Å². The van der Waals surface area contributed by atoms with Gasteiger partial charge in [0.15, 0.2) is 5.96 Å². The maximum atomic E-state index is 4.37. The molecule has 1 saturated carbocycles. The normalized spacial score (nSPS) is 26.8. The van der Waals surface area contributed by atoms with Crippen molar-refractivity contribution in [2.45, 2.75) is 37.5 Å². The molecule has 0 aromatic carbocycles. The van der Waals surface area contributed by atoms with Gasteiger partial charge in [-0.15, -0.1) is 24.0 Å². The molecule has 1 aliphatic heterocycles. The topological polar surface area (TPSA) is 42.9 Å². The van der Waals surface area contributed by atoms with Crippen LogP contribution in [0, 0.1) is 0 Å². The number of nitrogens with zero attached hydrogens (tertiary/aromatic N) is 3. The molecule has 5 nitrogen and oxygen atoms in total. The van der Waals surface area contributed by atoms with Gasteiger partial charge in [-0.1, -0.05) is 6.92 Å². The quantitative estimate of drug-likeness (QED) is 0.363. The molecule has 0 spiro atoms. The third-order valence-electron chi connectivity index (χ3n) is 4.91. The second kappa shape index (κ2) is 11.8. The van der Waals surface area contributed by atoms with Crippen LogP contribution in [0.5, 0.6) is 0 Å². The number of aliphatic imine (C=N–C) groups is 1. The molecule has 2 N–H and O–H groups in total. The Morgan fingerprint density at radius 2 is 1.87 bits per heavy atom. The molecule has 2 unspecified atom stereocenters. The molecule has 2 atom stereocenters. The van der Waals surface area contributed by atoms with Gasteiger partial charge < -0.3 is 15.5 Å². The van der Waals surface area contributed by atoms with Gasteiger partial charge >= 0.3 is 0 Å². The number of rotatable bonds is 6. The Balaban J connectivity index is 0.00000264. The molecule has 7 heteroatoms.